The van der Waals surface area contributed by atoms with Gasteiger partial charge in [-0.25, -0.2) is 9.78 Å². The standard InChI is InChI=1S/C45H51N3O13/c1-4-33-29-10-12-46-32(29)20-48(33)39-41-26(15-31-35(52)13-23(2)59-42(31)39)16-37(44(3,60-41)11-9-24-14-38(54)47-19-24)61-58-22-45(57,43(56)40(55)36(53)21-49)18-25-5-8-34(51)28-7-6-27(50)17-30(25)28/h5-8,10,12-13,15,17,24,36-37,40,43,49-51,53,55-57H,4,9,11,14,16,18-22H2,1-3H3,(H,47,54). The normalized spacial score (nSPS) is 23.4. The number of fused-ring (bicyclic) bond motifs is 4. The largest absolute Gasteiger partial charge is 0.508 e. The summed E-state index contributed by atoms with van der Waals surface area (Å²) in [6, 6.07) is 10.3. The first-order valence-corrected chi connectivity index (χ1v) is 20.5. The average molecular weight is 842 g/mol. The summed E-state index contributed by atoms with van der Waals surface area (Å²) in [5.74, 6) is 0.660. The van der Waals surface area contributed by atoms with Gasteiger partial charge in [0, 0.05) is 60.3 Å². The number of nitrogens with zero attached hydrogens (tertiary/aromatic N) is 2. The molecular weight excluding hydrogens is 791 g/mol. The second-order valence-corrected chi connectivity index (χ2v) is 16.8. The van der Waals surface area contributed by atoms with E-state index in [4.69, 9.17) is 18.9 Å². The number of nitrogens with one attached hydrogen (secondary N) is 1. The third kappa shape index (κ3) is 7.89. The molecule has 4 aliphatic rings. The van der Waals surface area contributed by atoms with E-state index in [0.717, 1.165) is 17.0 Å². The number of benzene rings is 3. The van der Waals surface area contributed by atoms with Crippen LogP contribution in [-0.4, -0.2) is 109 Å². The average Bonchev–Trinajstić information content (AvgIpc) is 3.96. The number of allylic oxidation sites excluding steroid dienone is 2. The summed E-state index contributed by atoms with van der Waals surface area (Å²) >= 11 is 0. The topological polar surface area (TPSA) is 244 Å². The van der Waals surface area contributed by atoms with Crippen molar-refractivity contribution >= 4 is 39.0 Å². The first-order valence-electron chi connectivity index (χ1n) is 20.5. The van der Waals surface area contributed by atoms with Gasteiger partial charge in [0.15, 0.2) is 16.8 Å². The quantitative estimate of drug-likeness (QED) is 0.0634. The molecule has 0 saturated carbocycles. The smallest absolute Gasteiger partial charge is 0.220 e. The van der Waals surface area contributed by atoms with Gasteiger partial charge in [-0.3, -0.25) is 14.6 Å². The number of aromatic hydroxyl groups is 2. The molecule has 3 aromatic carbocycles. The number of anilines is 1. The van der Waals surface area contributed by atoms with Gasteiger partial charge < -0.3 is 55.1 Å². The minimum atomic E-state index is -2.40. The molecule has 7 atom stereocenters. The summed E-state index contributed by atoms with van der Waals surface area (Å²) in [6.07, 6.45) is -1.51. The number of aryl methyl sites for hydroxylation is 1. The highest BCUT2D eigenvalue weighted by molar-refractivity contribution is 6.13. The third-order valence-corrected chi connectivity index (χ3v) is 12.5. The number of hydrogen-bond donors (Lipinski definition) is 8. The number of carbonyl (C=O) groups is 1. The third-order valence-electron chi connectivity index (χ3n) is 12.5. The Labute approximate surface area is 350 Å². The summed E-state index contributed by atoms with van der Waals surface area (Å²) < 4.78 is 13.4. The van der Waals surface area contributed by atoms with Crippen molar-refractivity contribution in [3.05, 3.63) is 93.1 Å². The number of rotatable bonds is 15. The number of amides is 1. The van der Waals surface area contributed by atoms with Crippen molar-refractivity contribution < 1.29 is 59.5 Å². The Hall–Kier alpha value is -5.33. The van der Waals surface area contributed by atoms with Gasteiger partial charge in [0.25, 0.3) is 0 Å². The Morgan fingerprint density at radius 1 is 1.07 bits per heavy atom. The van der Waals surface area contributed by atoms with E-state index < -0.39 is 55.3 Å². The van der Waals surface area contributed by atoms with Crippen LogP contribution in [0.4, 0.5) is 5.69 Å². The molecule has 0 aliphatic carbocycles. The number of aliphatic hydroxyl groups is 5. The lowest BCUT2D eigenvalue weighted by atomic mass is 9.83. The van der Waals surface area contributed by atoms with Gasteiger partial charge in [0.05, 0.1) is 24.2 Å². The number of phenolic OH excluding ortho intramolecular Hbond substituents is 2. The number of ether oxygens (including phenoxy) is 1. The first-order chi connectivity index (χ1) is 29.1. The predicted molar refractivity (Wildman–Crippen MR) is 223 cm³/mol. The zero-order valence-electron chi connectivity index (χ0n) is 34.1. The van der Waals surface area contributed by atoms with E-state index in [9.17, 15) is 45.3 Å². The van der Waals surface area contributed by atoms with Crippen LogP contribution in [0.25, 0.3) is 21.7 Å². The zero-order valence-corrected chi connectivity index (χ0v) is 34.1. The molecule has 16 heteroatoms. The van der Waals surface area contributed by atoms with E-state index in [2.05, 4.69) is 15.2 Å². The maximum atomic E-state index is 13.6. The van der Waals surface area contributed by atoms with Gasteiger partial charge in [-0.2, -0.15) is 0 Å². The van der Waals surface area contributed by atoms with Crippen LogP contribution < -0.4 is 20.4 Å². The summed E-state index contributed by atoms with van der Waals surface area (Å²) in [7, 11) is 0. The highest BCUT2D eigenvalue weighted by Crippen LogP contribution is 2.50. The molecule has 1 fully saturated rings. The molecule has 5 heterocycles. The Morgan fingerprint density at radius 3 is 2.61 bits per heavy atom. The minimum absolute atomic E-state index is 0.0195. The number of carbonyl (C=O) groups excluding carboxylic acids is 1. The van der Waals surface area contributed by atoms with Gasteiger partial charge in [0.2, 0.25) is 5.91 Å². The van der Waals surface area contributed by atoms with E-state index in [0.29, 0.717) is 88.8 Å². The van der Waals surface area contributed by atoms with Crippen LogP contribution in [0.2, 0.25) is 0 Å². The summed E-state index contributed by atoms with van der Waals surface area (Å²) in [6.45, 7) is 4.83. The van der Waals surface area contributed by atoms with Crippen LogP contribution in [-0.2, 0) is 27.4 Å². The summed E-state index contributed by atoms with van der Waals surface area (Å²) in [5.41, 5.74) is 0.941. The van der Waals surface area contributed by atoms with Gasteiger partial charge in [-0.1, -0.05) is 13.0 Å². The van der Waals surface area contributed by atoms with Crippen LogP contribution in [0.1, 0.15) is 56.4 Å². The molecule has 4 aliphatic heterocycles. The SMILES string of the molecule is CCC1=C2C=CN=C2CN1c1c2c(cc3c(=O)cc(C)oc13)CC(OOCC(O)(Cc1ccc(O)c3ccc(O)cc13)C(O)C(O)C(O)CO)C(C)(CCC1CNC(=O)C1)O2. The highest BCUT2D eigenvalue weighted by Gasteiger charge is 2.48. The van der Waals surface area contributed by atoms with Crippen molar-refractivity contribution in [1.29, 1.82) is 0 Å². The lowest BCUT2D eigenvalue weighted by molar-refractivity contribution is -0.371. The number of aliphatic imine (C=N–C) groups is 1. The molecule has 8 N–H and O–H groups in total. The fourth-order valence-electron chi connectivity index (χ4n) is 9.06. The molecule has 8 rings (SSSR count). The van der Waals surface area contributed by atoms with Crippen molar-refractivity contribution in [3.8, 4) is 17.2 Å². The molecular formula is C45H51N3O13. The molecule has 61 heavy (non-hydrogen) atoms. The maximum absolute atomic E-state index is 13.6. The fourth-order valence-corrected chi connectivity index (χ4v) is 9.06. The molecule has 4 aromatic rings. The molecule has 0 radical (unpaired) electrons. The van der Waals surface area contributed by atoms with Crippen LogP contribution in [0.3, 0.4) is 0 Å². The molecule has 7 unspecified atom stereocenters. The lowest BCUT2D eigenvalue weighted by Gasteiger charge is -2.44. The Kier molecular flexibility index (Phi) is 11.5. The Balaban J connectivity index is 1.17. The molecule has 16 nitrogen and oxygen atoms in total. The van der Waals surface area contributed by atoms with Crippen LogP contribution in [0.15, 0.2) is 80.2 Å². The van der Waals surface area contributed by atoms with Crippen LogP contribution >= 0.6 is 0 Å². The van der Waals surface area contributed by atoms with E-state index >= 15 is 0 Å². The zero-order chi connectivity index (χ0) is 43.4. The van der Waals surface area contributed by atoms with Crippen molar-refractivity contribution in [2.75, 3.05) is 31.2 Å². The molecule has 0 bridgehead atoms. The van der Waals surface area contributed by atoms with E-state index in [-0.39, 0.29) is 35.2 Å². The number of hydrogen-bond acceptors (Lipinski definition) is 15. The molecule has 1 saturated heterocycles. The number of aliphatic hydroxyl groups excluding tert-OH is 4. The van der Waals surface area contributed by atoms with Gasteiger partial charge in [-0.15, -0.1) is 0 Å². The molecule has 324 valence electrons. The molecule has 1 aromatic heterocycles. The van der Waals surface area contributed by atoms with E-state index in [1.54, 1.807) is 19.2 Å². The van der Waals surface area contributed by atoms with Crippen LogP contribution in [0.5, 0.6) is 17.2 Å². The Morgan fingerprint density at radius 2 is 1.87 bits per heavy atom. The summed E-state index contributed by atoms with van der Waals surface area (Å²) in [5, 5.41) is 79.2. The van der Waals surface area contributed by atoms with Crippen molar-refractivity contribution in [2.24, 2.45) is 10.9 Å². The fraction of sp³-hybridized carbons (Fsp3) is 0.444. The maximum Gasteiger partial charge on any atom is 0.220 e. The monoisotopic (exact) mass is 841 g/mol. The Bertz CT molecular complexity index is 2530. The second kappa shape index (κ2) is 16.5. The van der Waals surface area contributed by atoms with Crippen molar-refractivity contribution in [2.45, 2.75) is 94.9 Å². The molecule has 1 amide bonds. The minimum Gasteiger partial charge on any atom is -0.508 e. The summed E-state index contributed by atoms with van der Waals surface area (Å²) in [4.78, 5) is 44.6. The van der Waals surface area contributed by atoms with Crippen LogP contribution in [0, 0.1) is 12.8 Å². The second-order valence-electron chi connectivity index (χ2n) is 16.8. The molecule has 0 spiro atoms. The predicted octanol–water partition coefficient (Wildman–Crippen LogP) is 3.09. The van der Waals surface area contributed by atoms with Gasteiger partial charge in [0.1, 0.15) is 65.2 Å². The highest BCUT2D eigenvalue weighted by atomic mass is 17.2. The van der Waals surface area contributed by atoms with E-state index in [1.165, 1.54) is 36.4 Å². The number of phenols is 2. The van der Waals surface area contributed by atoms with E-state index in [1.807, 2.05) is 19.9 Å². The lowest BCUT2D eigenvalue weighted by Crippen LogP contribution is -2.58. The first kappa shape index (κ1) is 42.4. The van der Waals surface area contributed by atoms with Gasteiger partial charge in [-0.05, 0) is 86.4 Å². The van der Waals surface area contributed by atoms with Crippen molar-refractivity contribution in [3.63, 3.8) is 0 Å². The van der Waals surface area contributed by atoms with Crippen molar-refractivity contribution in [1.82, 2.24) is 5.32 Å². The van der Waals surface area contributed by atoms with Gasteiger partial charge >= 0.3 is 0 Å².